The third-order valence-corrected chi connectivity index (χ3v) is 6.19. The minimum absolute atomic E-state index is 0.169. The summed E-state index contributed by atoms with van der Waals surface area (Å²) in [5, 5.41) is 19.5. The first-order valence-electron chi connectivity index (χ1n) is 10.7. The molecule has 0 saturated carbocycles. The topological polar surface area (TPSA) is 82.5 Å². The zero-order valence-electron chi connectivity index (χ0n) is 18.2. The van der Waals surface area contributed by atoms with Gasteiger partial charge in [0, 0.05) is 37.6 Å². The molecule has 7 heteroatoms. The monoisotopic (exact) mass is 416 g/mol. The van der Waals surface area contributed by atoms with E-state index in [1.807, 2.05) is 36.9 Å². The third-order valence-electron chi connectivity index (χ3n) is 6.19. The van der Waals surface area contributed by atoms with Crippen LogP contribution in [0.2, 0.25) is 0 Å². The van der Waals surface area contributed by atoms with Crippen molar-refractivity contribution < 1.29 is 5.11 Å². The summed E-state index contributed by atoms with van der Waals surface area (Å²) >= 11 is 0. The van der Waals surface area contributed by atoms with E-state index in [-0.39, 0.29) is 18.1 Å². The number of aromatic nitrogens is 2. The molecule has 7 nitrogen and oxygen atoms in total. The summed E-state index contributed by atoms with van der Waals surface area (Å²) in [7, 11) is 2.15. The van der Waals surface area contributed by atoms with Crippen molar-refractivity contribution in [2.75, 3.05) is 49.6 Å². The number of hydrogen-bond donors (Lipinski definition) is 3. The molecule has 3 aromatic rings. The minimum atomic E-state index is 0.169. The van der Waals surface area contributed by atoms with Gasteiger partial charge in [-0.2, -0.15) is 0 Å². The Morgan fingerprint density at radius 2 is 1.68 bits per heavy atom. The quantitative estimate of drug-likeness (QED) is 0.607. The van der Waals surface area contributed by atoms with Gasteiger partial charge < -0.3 is 24.8 Å². The van der Waals surface area contributed by atoms with E-state index in [4.69, 9.17) is 5.41 Å². The lowest BCUT2D eigenvalue weighted by Gasteiger charge is -2.34. The minimum Gasteiger partial charge on any atom is -0.509 e. The fraction of sp³-hybridized carbons (Fsp3) is 0.333. The molecule has 0 unspecified atom stereocenters. The first-order chi connectivity index (χ1) is 14.9. The number of amidine groups is 1. The second-order valence-corrected chi connectivity index (χ2v) is 8.68. The summed E-state index contributed by atoms with van der Waals surface area (Å²) in [6, 6.07) is 12.4. The molecule has 2 aliphatic rings. The molecule has 0 amide bonds. The third kappa shape index (κ3) is 3.55. The van der Waals surface area contributed by atoms with Gasteiger partial charge in [0.2, 0.25) is 0 Å². The zero-order chi connectivity index (χ0) is 21.7. The van der Waals surface area contributed by atoms with E-state index in [9.17, 15) is 5.11 Å². The Balaban J connectivity index is 1.44. The van der Waals surface area contributed by atoms with Gasteiger partial charge in [-0.15, -0.1) is 0 Å². The summed E-state index contributed by atoms with van der Waals surface area (Å²) in [5.41, 5.74) is 6.59. The fourth-order valence-electron chi connectivity index (χ4n) is 4.53. The average molecular weight is 417 g/mol. The van der Waals surface area contributed by atoms with Crippen molar-refractivity contribution in [1.82, 2.24) is 14.9 Å². The Morgan fingerprint density at radius 3 is 2.39 bits per heavy atom. The van der Waals surface area contributed by atoms with Crippen LogP contribution in [0, 0.1) is 19.3 Å². The number of rotatable bonds is 3. The molecule has 1 saturated heterocycles. The molecule has 5 rings (SSSR count). The molecule has 1 fully saturated rings. The number of aliphatic hydroxyl groups is 1. The average Bonchev–Trinajstić information content (AvgIpc) is 3.27. The Kier molecular flexibility index (Phi) is 4.70. The number of aromatic amines is 1. The summed E-state index contributed by atoms with van der Waals surface area (Å²) in [6.45, 7) is 8.48. The number of fused-ring (bicyclic) bond motifs is 1. The maximum absolute atomic E-state index is 10.7. The van der Waals surface area contributed by atoms with Gasteiger partial charge in [0.15, 0.2) is 0 Å². The van der Waals surface area contributed by atoms with Crippen LogP contribution < -0.4 is 9.80 Å². The van der Waals surface area contributed by atoms with Crippen LogP contribution in [0.25, 0.3) is 16.6 Å². The highest BCUT2D eigenvalue weighted by atomic mass is 16.3. The van der Waals surface area contributed by atoms with E-state index in [0.717, 1.165) is 54.0 Å². The van der Waals surface area contributed by atoms with Crippen molar-refractivity contribution in [3.05, 3.63) is 59.1 Å². The lowest BCUT2D eigenvalue weighted by atomic mass is 10.1. The highest BCUT2D eigenvalue weighted by molar-refractivity contribution is 6.30. The normalized spacial score (nSPS) is 18.0. The number of benzene rings is 2. The van der Waals surface area contributed by atoms with Crippen LogP contribution in [0.1, 0.15) is 17.0 Å². The Hall–Kier alpha value is -3.32. The number of imidazole rings is 1. The SMILES string of the molecule is Cc1cc(C)cc(N2CC(O)=C(c3nc4ccc(N5CCN(C)CC5)cc4[nH]3)C2=N)c1. The van der Waals surface area contributed by atoms with E-state index in [0.29, 0.717) is 11.4 Å². The summed E-state index contributed by atoms with van der Waals surface area (Å²) in [6.07, 6.45) is 0. The zero-order valence-corrected chi connectivity index (χ0v) is 18.2. The molecule has 2 aromatic carbocycles. The lowest BCUT2D eigenvalue weighted by molar-refractivity contribution is 0.313. The van der Waals surface area contributed by atoms with Gasteiger partial charge >= 0.3 is 0 Å². The van der Waals surface area contributed by atoms with Crippen LogP contribution in [0.5, 0.6) is 0 Å². The number of aryl methyl sites for hydroxylation is 2. The predicted molar refractivity (Wildman–Crippen MR) is 126 cm³/mol. The summed E-state index contributed by atoms with van der Waals surface area (Å²) < 4.78 is 0. The van der Waals surface area contributed by atoms with Gasteiger partial charge in [-0.25, -0.2) is 4.98 Å². The molecule has 0 spiro atoms. The van der Waals surface area contributed by atoms with Crippen LogP contribution >= 0.6 is 0 Å². The van der Waals surface area contributed by atoms with Crippen LogP contribution in [0.15, 0.2) is 42.2 Å². The largest absolute Gasteiger partial charge is 0.509 e. The Morgan fingerprint density at radius 1 is 0.968 bits per heavy atom. The number of piperazine rings is 1. The van der Waals surface area contributed by atoms with Gasteiger partial charge in [-0.3, -0.25) is 5.41 Å². The van der Waals surface area contributed by atoms with E-state index < -0.39 is 0 Å². The number of H-pyrrole nitrogens is 1. The maximum Gasteiger partial charge on any atom is 0.145 e. The van der Waals surface area contributed by atoms with Gasteiger partial charge in [0.1, 0.15) is 17.4 Å². The number of likely N-dealkylation sites (N-methyl/N-ethyl adjacent to an activating group) is 1. The number of aliphatic hydroxyl groups excluding tert-OH is 1. The van der Waals surface area contributed by atoms with Crippen molar-refractivity contribution >= 4 is 33.8 Å². The van der Waals surface area contributed by atoms with Gasteiger partial charge in [-0.05, 0) is 62.4 Å². The second-order valence-electron chi connectivity index (χ2n) is 8.68. The molecule has 3 heterocycles. The predicted octanol–water partition coefficient (Wildman–Crippen LogP) is 3.70. The lowest BCUT2D eigenvalue weighted by Crippen LogP contribution is -2.44. The molecular weight excluding hydrogens is 388 g/mol. The standard InChI is InChI=1S/C24H28N6O/c1-15-10-16(2)12-18(11-15)30-14-21(31)22(23(30)25)24-26-19-5-4-17(13-20(19)27-24)29-8-6-28(3)7-9-29/h4-5,10-13,25,31H,6-9,14H2,1-3H3,(H,26,27). The van der Waals surface area contributed by atoms with Crippen molar-refractivity contribution in [1.29, 1.82) is 5.41 Å². The molecule has 0 radical (unpaired) electrons. The van der Waals surface area contributed by atoms with Gasteiger partial charge in [-0.1, -0.05) is 6.07 Å². The van der Waals surface area contributed by atoms with Gasteiger partial charge in [0.25, 0.3) is 0 Å². The highest BCUT2D eigenvalue weighted by Gasteiger charge is 2.31. The van der Waals surface area contributed by atoms with Crippen molar-refractivity contribution in [3.63, 3.8) is 0 Å². The smallest absolute Gasteiger partial charge is 0.145 e. The van der Waals surface area contributed by atoms with Crippen molar-refractivity contribution in [2.24, 2.45) is 0 Å². The Labute approximate surface area is 182 Å². The van der Waals surface area contributed by atoms with Crippen LogP contribution in [0.4, 0.5) is 11.4 Å². The molecule has 0 atom stereocenters. The first kappa shape index (κ1) is 19.6. The molecule has 0 aliphatic carbocycles. The van der Waals surface area contributed by atoms with E-state index >= 15 is 0 Å². The highest BCUT2D eigenvalue weighted by Crippen LogP contribution is 2.32. The second kappa shape index (κ2) is 7.42. The van der Waals surface area contributed by atoms with E-state index in [1.165, 1.54) is 5.69 Å². The number of nitrogens with zero attached hydrogens (tertiary/aromatic N) is 4. The van der Waals surface area contributed by atoms with Crippen molar-refractivity contribution in [3.8, 4) is 0 Å². The van der Waals surface area contributed by atoms with Gasteiger partial charge in [0.05, 0.1) is 23.2 Å². The van der Waals surface area contributed by atoms with Crippen LogP contribution in [-0.4, -0.2) is 65.6 Å². The molecule has 2 aliphatic heterocycles. The molecule has 31 heavy (non-hydrogen) atoms. The summed E-state index contributed by atoms with van der Waals surface area (Å²) in [4.78, 5) is 14.6. The molecule has 1 aromatic heterocycles. The Bertz CT molecular complexity index is 1180. The molecule has 3 N–H and O–H groups in total. The van der Waals surface area contributed by atoms with Crippen molar-refractivity contribution in [2.45, 2.75) is 13.8 Å². The fourth-order valence-corrected chi connectivity index (χ4v) is 4.53. The van der Waals surface area contributed by atoms with Crippen LogP contribution in [-0.2, 0) is 0 Å². The summed E-state index contributed by atoms with van der Waals surface area (Å²) in [5.74, 6) is 0.975. The number of anilines is 2. The maximum atomic E-state index is 10.7. The van der Waals surface area contributed by atoms with E-state index in [2.05, 4.69) is 45.0 Å². The van der Waals surface area contributed by atoms with Crippen LogP contribution in [0.3, 0.4) is 0 Å². The molecule has 0 bridgehead atoms. The number of nitrogens with one attached hydrogen (secondary N) is 2. The van der Waals surface area contributed by atoms with E-state index in [1.54, 1.807) is 0 Å². The molecular formula is C24H28N6O. The molecule has 160 valence electrons. The first-order valence-corrected chi connectivity index (χ1v) is 10.7. The number of hydrogen-bond acceptors (Lipinski definition) is 5.